The van der Waals surface area contributed by atoms with E-state index in [2.05, 4.69) is 66.0 Å². The van der Waals surface area contributed by atoms with Crippen molar-refractivity contribution in [3.05, 3.63) is 35.4 Å². The van der Waals surface area contributed by atoms with Gasteiger partial charge >= 0.3 is 0 Å². The topological polar surface area (TPSA) is 65.5 Å². The third-order valence-corrected chi connectivity index (χ3v) is 4.55. The predicted molar refractivity (Wildman–Crippen MR) is 124 cm³/mol. The van der Waals surface area contributed by atoms with Crippen LogP contribution in [0.15, 0.2) is 29.3 Å². The van der Waals surface area contributed by atoms with Gasteiger partial charge in [0.15, 0.2) is 5.96 Å². The Balaban J connectivity index is 0.00000364. The Labute approximate surface area is 181 Å². The molecule has 1 saturated carbocycles. The van der Waals surface area contributed by atoms with Crippen LogP contribution in [-0.4, -0.2) is 38.0 Å². The van der Waals surface area contributed by atoms with Gasteiger partial charge in [0.2, 0.25) is 5.91 Å². The number of hydrogen-bond acceptors (Lipinski definition) is 2. The van der Waals surface area contributed by atoms with Gasteiger partial charge in [0.1, 0.15) is 0 Å². The fourth-order valence-electron chi connectivity index (χ4n) is 2.74. The van der Waals surface area contributed by atoms with Gasteiger partial charge in [0, 0.05) is 32.1 Å². The van der Waals surface area contributed by atoms with E-state index in [4.69, 9.17) is 0 Å². The molecule has 1 amide bonds. The third kappa shape index (κ3) is 9.44. The van der Waals surface area contributed by atoms with Crippen molar-refractivity contribution in [3.63, 3.8) is 0 Å². The number of carbonyl (C=O) groups is 1. The molecule has 0 heterocycles. The Morgan fingerprint density at radius 3 is 2.37 bits per heavy atom. The number of hydrogen-bond donors (Lipinski definition) is 3. The molecule has 0 bridgehead atoms. The molecule has 0 atom stereocenters. The average Bonchev–Trinajstić information content (AvgIpc) is 3.47. The monoisotopic (exact) mass is 486 g/mol. The minimum atomic E-state index is 0. The van der Waals surface area contributed by atoms with Gasteiger partial charge < -0.3 is 16.0 Å². The van der Waals surface area contributed by atoms with E-state index in [1.165, 1.54) is 11.1 Å². The molecule has 1 aliphatic rings. The molecule has 1 aromatic carbocycles. The second-order valence-electron chi connectivity index (χ2n) is 7.25. The molecule has 27 heavy (non-hydrogen) atoms. The van der Waals surface area contributed by atoms with Gasteiger partial charge in [0.25, 0.3) is 0 Å². The molecule has 6 heteroatoms. The Hall–Kier alpha value is -1.31. The minimum absolute atomic E-state index is 0. The van der Waals surface area contributed by atoms with Gasteiger partial charge in [-0.3, -0.25) is 9.79 Å². The highest BCUT2D eigenvalue weighted by Crippen LogP contribution is 2.28. The van der Waals surface area contributed by atoms with Crippen molar-refractivity contribution >= 4 is 35.8 Å². The number of aliphatic imine (C=N–C) groups is 1. The predicted octanol–water partition coefficient (Wildman–Crippen LogP) is 3.44. The summed E-state index contributed by atoms with van der Waals surface area (Å²) in [7, 11) is 0. The van der Waals surface area contributed by atoms with E-state index in [0.717, 1.165) is 44.7 Å². The maximum Gasteiger partial charge on any atom is 0.223 e. The van der Waals surface area contributed by atoms with E-state index >= 15 is 0 Å². The highest BCUT2D eigenvalue weighted by molar-refractivity contribution is 14.0. The van der Waals surface area contributed by atoms with Crippen LogP contribution in [0.2, 0.25) is 0 Å². The van der Waals surface area contributed by atoms with Gasteiger partial charge in [-0.05, 0) is 49.7 Å². The number of carbonyl (C=O) groups excluding carboxylic acids is 1. The van der Waals surface area contributed by atoms with Crippen LogP contribution in [0.3, 0.4) is 0 Å². The highest BCUT2D eigenvalue weighted by Gasteiger charge is 2.28. The molecule has 1 fully saturated rings. The molecule has 2 rings (SSSR count). The number of amides is 1. The van der Waals surface area contributed by atoms with Crippen LogP contribution in [0.4, 0.5) is 0 Å². The van der Waals surface area contributed by atoms with Crippen molar-refractivity contribution < 1.29 is 4.79 Å². The Morgan fingerprint density at radius 1 is 1.11 bits per heavy atom. The number of nitrogens with zero attached hydrogens (tertiary/aromatic N) is 1. The second-order valence-corrected chi connectivity index (χ2v) is 7.25. The van der Waals surface area contributed by atoms with E-state index in [1.54, 1.807) is 0 Å². The van der Waals surface area contributed by atoms with Crippen LogP contribution in [-0.2, 0) is 11.2 Å². The number of rotatable bonds is 10. The molecule has 0 saturated heterocycles. The largest absolute Gasteiger partial charge is 0.357 e. The summed E-state index contributed by atoms with van der Waals surface area (Å²) < 4.78 is 0. The molecular weight excluding hydrogens is 451 g/mol. The van der Waals surface area contributed by atoms with E-state index in [-0.39, 0.29) is 35.8 Å². The van der Waals surface area contributed by atoms with Gasteiger partial charge in [0.05, 0.1) is 0 Å². The number of halogens is 1. The highest BCUT2D eigenvalue weighted by atomic mass is 127. The molecule has 1 aliphatic carbocycles. The smallest absolute Gasteiger partial charge is 0.223 e. The van der Waals surface area contributed by atoms with Crippen molar-refractivity contribution in [1.29, 1.82) is 0 Å². The van der Waals surface area contributed by atoms with E-state index in [0.29, 0.717) is 19.0 Å². The summed E-state index contributed by atoms with van der Waals surface area (Å²) >= 11 is 0. The number of nitrogens with one attached hydrogen (secondary N) is 3. The SMILES string of the molecule is CCNC(=NCCCc1ccc(C(C)C)cc1)NCCNC(=O)C1CC1.I. The van der Waals surface area contributed by atoms with Crippen LogP contribution in [0, 0.1) is 5.92 Å². The quantitative estimate of drug-likeness (QED) is 0.206. The zero-order valence-corrected chi connectivity index (χ0v) is 19.2. The fraction of sp³-hybridized carbons (Fsp3) is 0.619. The Morgan fingerprint density at radius 2 is 1.78 bits per heavy atom. The molecule has 152 valence electrons. The van der Waals surface area contributed by atoms with Crippen LogP contribution in [0.1, 0.15) is 57.1 Å². The molecule has 0 radical (unpaired) electrons. The average molecular weight is 486 g/mol. The first kappa shape index (κ1) is 23.7. The lowest BCUT2D eigenvalue weighted by molar-refractivity contribution is -0.122. The molecular formula is C21H35IN4O. The van der Waals surface area contributed by atoms with Crippen molar-refractivity contribution in [2.24, 2.45) is 10.9 Å². The summed E-state index contributed by atoms with van der Waals surface area (Å²) in [6.45, 7) is 9.45. The van der Waals surface area contributed by atoms with Gasteiger partial charge in [-0.2, -0.15) is 0 Å². The maximum atomic E-state index is 11.6. The van der Waals surface area contributed by atoms with Crippen molar-refractivity contribution in [1.82, 2.24) is 16.0 Å². The molecule has 0 aliphatic heterocycles. The summed E-state index contributed by atoms with van der Waals surface area (Å²) in [4.78, 5) is 16.2. The summed E-state index contributed by atoms with van der Waals surface area (Å²) in [5.41, 5.74) is 2.75. The van der Waals surface area contributed by atoms with Gasteiger partial charge in [-0.15, -0.1) is 24.0 Å². The summed E-state index contributed by atoms with van der Waals surface area (Å²) in [5.74, 6) is 1.86. The van der Waals surface area contributed by atoms with E-state index in [9.17, 15) is 4.79 Å². The van der Waals surface area contributed by atoms with E-state index < -0.39 is 0 Å². The molecule has 5 nitrogen and oxygen atoms in total. The zero-order chi connectivity index (χ0) is 18.8. The van der Waals surface area contributed by atoms with Gasteiger partial charge in [-0.1, -0.05) is 38.1 Å². The van der Waals surface area contributed by atoms with Gasteiger partial charge in [-0.25, -0.2) is 0 Å². The molecule has 0 aromatic heterocycles. The van der Waals surface area contributed by atoms with Crippen molar-refractivity contribution in [2.75, 3.05) is 26.2 Å². The first-order chi connectivity index (χ1) is 12.6. The summed E-state index contributed by atoms with van der Waals surface area (Å²) in [6, 6.07) is 8.91. The number of benzene rings is 1. The minimum Gasteiger partial charge on any atom is -0.357 e. The van der Waals surface area contributed by atoms with Crippen LogP contribution < -0.4 is 16.0 Å². The normalized spacial score (nSPS) is 13.9. The lowest BCUT2D eigenvalue weighted by atomic mass is 10.0. The van der Waals surface area contributed by atoms with Crippen LogP contribution in [0.5, 0.6) is 0 Å². The lowest BCUT2D eigenvalue weighted by Gasteiger charge is -2.12. The third-order valence-electron chi connectivity index (χ3n) is 4.55. The lowest BCUT2D eigenvalue weighted by Crippen LogP contribution is -2.41. The summed E-state index contributed by atoms with van der Waals surface area (Å²) in [5, 5.41) is 9.49. The van der Waals surface area contributed by atoms with Crippen molar-refractivity contribution in [2.45, 2.75) is 52.4 Å². The first-order valence-electron chi connectivity index (χ1n) is 9.99. The number of guanidine groups is 1. The van der Waals surface area contributed by atoms with Crippen LogP contribution >= 0.6 is 24.0 Å². The number of aryl methyl sites for hydroxylation is 1. The van der Waals surface area contributed by atoms with E-state index in [1.807, 2.05) is 0 Å². The zero-order valence-electron chi connectivity index (χ0n) is 16.9. The Kier molecular flexibility index (Phi) is 11.4. The first-order valence-corrected chi connectivity index (χ1v) is 9.99. The van der Waals surface area contributed by atoms with Crippen LogP contribution in [0.25, 0.3) is 0 Å². The molecule has 3 N–H and O–H groups in total. The maximum absolute atomic E-state index is 11.6. The molecule has 1 aromatic rings. The second kappa shape index (κ2) is 13.0. The van der Waals surface area contributed by atoms with Crippen molar-refractivity contribution in [3.8, 4) is 0 Å². The Bertz CT molecular complexity index is 582. The summed E-state index contributed by atoms with van der Waals surface area (Å²) in [6.07, 6.45) is 4.15. The fourth-order valence-corrected chi connectivity index (χ4v) is 2.74. The standard InChI is InChI=1S/C21H34N4O.HI/c1-4-22-21(25-15-14-23-20(26)19-11-12-19)24-13-5-6-17-7-9-18(10-8-17)16(2)3;/h7-10,16,19H,4-6,11-15H2,1-3H3,(H,23,26)(H2,22,24,25);1H. The molecule has 0 unspecified atom stereocenters. The molecule has 0 spiro atoms.